The van der Waals surface area contributed by atoms with E-state index in [0.29, 0.717) is 5.92 Å². The van der Waals surface area contributed by atoms with Crippen LogP contribution in [0.5, 0.6) is 0 Å². The van der Waals surface area contributed by atoms with Crippen LogP contribution in [-0.4, -0.2) is 12.3 Å². The van der Waals surface area contributed by atoms with Crippen LogP contribution < -0.4 is 5.32 Å². The summed E-state index contributed by atoms with van der Waals surface area (Å²) in [5, 5.41) is 3.21. The van der Waals surface area contributed by atoms with Crippen molar-refractivity contribution in [3.8, 4) is 0 Å². The van der Waals surface area contributed by atoms with Crippen molar-refractivity contribution >= 4 is 5.78 Å². The Balaban J connectivity index is 4.43. The predicted molar refractivity (Wildman–Crippen MR) is 56.4 cm³/mol. The third kappa shape index (κ3) is 4.71. The summed E-state index contributed by atoms with van der Waals surface area (Å²) in [6.07, 6.45) is 1.73. The molecule has 0 saturated carbocycles. The van der Waals surface area contributed by atoms with E-state index in [0.717, 1.165) is 12.2 Å². The summed E-state index contributed by atoms with van der Waals surface area (Å²) in [5.41, 5.74) is 1.04. The van der Waals surface area contributed by atoms with E-state index < -0.39 is 0 Å². The highest BCUT2D eigenvalue weighted by Gasteiger charge is 2.07. The Bertz CT molecular complexity index is 192. The van der Waals surface area contributed by atoms with Crippen molar-refractivity contribution in [2.75, 3.05) is 6.54 Å². The van der Waals surface area contributed by atoms with Crippen LogP contribution in [0.3, 0.4) is 0 Å². The van der Waals surface area contributed by atoms with E-state index >= 15 is 0 Å². The molecule has 0 aliphatic carbocycles. The van der Waals surface area contributed by atoms with E-state index in [2.05, 4.69) is 19.2 Å². The van der Waals surface area contributed by atoms with Gasteiger partial charge in [0.15, 0.2) is 5.78 Å². The maximum atomic E-state index is 11.4. The second kappa shape index (κ2) is 5.79. The molecule has 0 aromatic rings. The highest BCUT2D eigenvalue weighted by molar-refractivity contribution is 5.91. The van der Waals surface area contributed by atoms with Crippen molar-refractivity contribution in [2.24, 2.45) is 11.8 Å². The lowest BCUT2D eigenvalue weighted by molar-refractivity contribution is -0.117. The Morgan fingerprint density at radius 1 is 1.23 bits per heavy atom. The summed E-state index contributed by atoms with van der Waals surface area (Å²) in [4.78, 5) is 11.4. The average Bonchev–Trinajstić information content (AvgIpc) is 2.03. The van der Waals surface area contributed by atoms with E-state index in [1.54, 1.807) is 6.08 Å². The van der Waals surface area contributed by atoms with E-state index in [4.69, 9.17) is 0 Å². The van der Waals surface area contributed by atoms with Crippen LogP contribution in [0.2, 0.25) is 0 Å². The van der Waals surface area contributed by atoms with Crippen molar-refractivity contribution < 1.29 is 4.79 Å². The topological polar surface area (TPSA) is 29.1 Å². The summed E-state index contributed by atoms with van der Waals surface area (Å²) in [7, 11) is 0. The monoisotopic (exact) mass is 183 g/mol. The van der Waals surface area contributed by atoms with E-state index in [1.807, 2.05) is 20.8 Å². The number of ketones is 1. The molecular weight excluding hydrogens is 162 g/mol. The van der Waals surface area contributed by atoms with Crippen molar-refractivity contribution in [1.29, 1.82) is 0 Å². The summed E-state index contributed by atoms with van der Waals surface area (Å²) in [5.74, 6) is 0.680. The standard InChI is InChI=1S/C11H21NO/c1-6-12-10(8(2)3)7-11(13)9(4)5/h7-9,12H,6H2,1-5H3/b10-7-. The third-order valence-corrected chi connectivity index (χ3v) is 1.87. The molecule has 2 heteroatoms. The van der Waals surface area contributed by atoms with Crippen LogP contribution >= 0.6 is 0 Å². The Morgan fingerprint density at radius 3 is 2.08 bits per heavy atom. The number of hydrogen-bond acceptors (Lipinski definition) is 2. The molecule has 0 aromatic carbocycles. The molecule has 0 unspecified atom stereocenters. The van der Waals surface area contributed by atoms with Gasteiger partial charge in [0, 0.05) is 24.2 Å². The van der Waals surface area contributed by atoms with Gasteiger partial charge in [-0.25, -0.2) is 0 Å². The molecule has 2 nitrogen and oxygen atoms in total. The van der Waals surface area contributed by atoms with Crippen LogP contribution in [-0.2, 0) is 4.79 Å². The van der Waals surface area contributed by atoms with E-state index in [1.165, 1.54) is 0 Å². The summed E-state index contributed by atoms with van der Waals surface area (Å²) >= 11 is 0. The van der Waals surface area contributed by atoms with Crippen molar-refractivity contribution in [2.45, 2.75) is 34.6 Å². The molecule has 0 fully saturated rings. The number of hydrogen-bond donors (Lipinski definition) is 1. The van der Waals surface area contributed by atoms with Gasteiger partial charge in [0.05, 0.1) is 0 Å². The summed E-state index contributed by atoms with van der Waals surface area (Å²) in [6, 6.07) is 0. The second-order valence-electron chi connectivity index (χ2n) is 3.84. The van der Waals surface area contributed by atoms with Gasteiger partial charge >= 0.3 is 0 Å². The van der Waals surface area contributed by atoms with Crippen molar-refractivity contribution in [1.82, 2.24) is 5.32 Å². The first-order valence-corrected chi connectivity index (χ1v) is 4.98. The molecular formula is C11H21NO. The lowest BCUT2D eigenvalue weighted by atomic mass is 10.0. The van der Waals surface area contributed by atoms with Gasteiger partial charge in [-0.3, -0.25) is 4.79 Å². The molecule has 0 spiro atoms. The third-order valence-electron chi connectivity index (χ3n) is 1.87. The highest BCUT2D eigenvalue weighted by Crippen LogP contribution is 2.07. The molecule has 0 saturated heterocycles. The zero-order chi connectivity index (χ0) is 10.4. The molecule has 0 radical (unpaired) electrons. The van der Waals surface area contributed by atoms with Crippen LogP contribution in [0.25, 0.3) is 0 Å². The number of nitrogens with one attached hydrogen (secondary N) is 1. The molecule has 0 aliphatic heterocycles. The number of carbonyl (C=O) groups is 1. The van der Waals surface area contributed by atoms with Crippen LogP contribution in [0.4, 0.5) is 0 Å². The molecule has 0 heterocycles. The molecule has 0 aromatic heterocycles. The SMILES string of the molecule is CCN/C(=C\C(=O)C(C)C)C(C)C. The fourth-order valence-electron chi connectivity index (χ4n) is 0.946. The zero-order valence-corrected chi connectivity index (χ0v) is 9.35. The maximum absolute atomic E-state index is 11.4. The molecule has 76 valence electrons. The van der Waals surface area contributed by atoms with Gasteiger partial charge in [0.1, 0.15) is 0 Å². The van der Waals surface area contributed by atoms with Crippen LogP contribution in [0, 0.1) is 11.8 Å². The smallest absolute Gasteiger partial charge is 0.159 e. The predicted octanol–water partition coefficient (Wildman–Crippen LogP) is 2.36. The Hall–Kier alpha value is -0.790. The van der Waals surface area contributed by atoms with Crippen molar-refractivity contribution in [3.63, 3.8) is 0 Å². The Morgan fingerprint density at radius 2 is 1.77 bits per heavy atom. The van der Waals surface area contributed by atoms with Crippen LogP contribution in [0.15, 0.2) is 11.8 Å². The van der Waals surface area contributed by atoms with Gasteiger partial charge in [0.2, 0.25) is 0 Å². The van der Waals surface area contributed by atoms with Gasteiger partial charge in [-0.15, -0.1) is 0 Å². The maximum Gasteiger partial charge on any atom is 0.159 e. The molecule has 13 heavy (non-hydrogen) atoms. The average molecular weight is 183 g/mol. The van der Waals surface area contributed by atoms with Crippen molar-refractivity contribution in [3.05, 3.63) is 11.8 Å². The largest absolute Gasteiger partial charge is 0.388 e. The van der Waals surface area contributed by atoms with E-state index in [9.17, 15) is 4.79 Å². The van der Waals surface area contributed by atoms with E-state index in [-0.39, 0.29) is 11.7 Å². The minimum Gasteiger partial charge on any atom is -0.388 e. The van der Waals surface area contributed by atoms with Gasteiger partial charge in [0.25, 0.3) is 0 Å². The molecule has 0 amide bonds. The molecule has 1 N–H and O–H groups in total. The molecule has 0 rings (SSSR count). The first kappa shape index (κ1) is 12.2. The highest BCUT2D eigenvalue weighted by atomic mass is 16.1. The zero-order valence-electron chi connectivity index (χ0n) is 9.35. The van der Waals surface area contributed by atoms with Gasteiger partial charge in [-0.2, -0.15) is 0 Å². The quantitative estimate of drug-likeness (QED) is 0.663. The minimum absolute atomic E-state index is 0.0902. The summed E-state index contributed by atoms with van der Waals surface area (Å²) < 4.78 is 0. The van der Waals surface area contributed by atoms with Crippen LogP contribution in [0.1, 0.15) is 34.6 Å². The van der Waals surface area contributed by atoms with Gasteiger partial charge < -0.3 is 5.32 Å². The molecule has 0 bridgehead atoms. The molecule has 0 aliphatic rings. The summed E-state index contributed by atoms with van der Waals surface area (Å²) in [6.45, 7) is 10.9. The number of rotatable bonds is 5. The lowest BCUT2D eigenvalue weighted by Gasteiger charge is -2.13. The van der Waals surface area contributed by atoms with Gasteiger partial charge in [-0.1, -0.05) is 27.7 Å². The number of allylic oxidation sites excluding steroid dienone is 2. The lowest BCUT2D eigenvalue weighted by Crippen LogP contribution is -2.19. The first-order valence-electron chi connectivity index (χ1n) is 4.98. The second-order valence-corrected chi connectivity index (χ2v) is 3.84. The fraction of sp³-hybridized carbons (Fsp3) is 0.727. The molecule has 0 atom stereocenters. The minimum atomic E-state index is 0.0902. The Kier molecular flexibility index (Phi) is 5.44. The Labute approximate surface area is 81.4 Å². The fourth-order valence-corrected chi connectivity index (χ4v) is 0.946. The normalized spacial score (nSPS) is 12.4. The van der Waals surface area contributed by atoms with Gasteiger partial charge in [-0.05, 0) is 12.8 Å². The first-order chi connectivity index (χ1) is 5.99. The number of carbonyl (C=O) groups excluding carboxylic acids is 1.